The molecule has 2 aliphatic rings. The number of amides is 1. The maximum atomic E-state index is 12.7. The Bertz CT molecular complexity index is 487. The second kappa shape index (κ2) is 5.48. The van der Waals surface area contributed by atoms with Gasteiger partial charge in [0.15, 0.2) is 0 Å². The van der Waals surface area contributed by atoms with Crippen molar-refractivity contribution in [2.45, 2.75) is 32.2 Å². The van der Waals surface area contributed by atoms with Gasteiger partial charge in [0.05, 0.1) is 12.3 Å². The maximum absolute atomic E-state index is 12.7. The van der Waals surface area contributed by atoms with Crippen LogP contribution in [0.1, 0.15) is 42.7 Å². The molecule has 5 heteroatoms. The number of aromatic nitrogens is 1. The van der Waals surface area contributed by atoms with E-state index in [0.717, 1.165) is 51.3 Å². The highest BCUT2D eigenvalue weighted by atomic mass is 16.5. The van der Waals surface area contributed by atoms with Crippen molar-refractivity contribution in [3.8, 4) is 0 Å². The predicted molar refractivity (Wildman–Crippen MR) is 77.6 cm³/mol. The summed E-state index contributed by atoms with van der Waals surface area (Å²) in [6.45, 7) is 5.13. The Morgan fingerprint density at radius 2 is 2.30 bits per heavy atom. The molecule has 5 nitrogen and oxygen atoms in total. The Morgan fingerprint density at radius 1 is 1.50 bits per heavy atom. The number of hydrogen-bond acceptors (Lipinski definition) is 3. The van der Waals surface area contributed by atoms with Crippen molar-refractivity contribution in [3.63, 3.8) is 0 Å². The summed E-state index contributed by atoms with van der Waals surface area (Å²) in [6.07, 6.45) is 5.25. The number of rotatable bonds is 5. The molecule has 1 saturated carbocycles. The Balaban J connectivity index is 1.75. The highest BCUT2D eigenvalue weighted by Crippen LogP contribution is 2.37. The van der Waals surface area contributed by atoms with E-state index in [1.54, 1.807) is 0 Å². The third-order valence-corrected chi connectivity index (χ3v) is 4.20. The number of carbonyl (C=O) groups is 1. The molecule has 2 fully saturated rings. The van der Waals surface area contributed by atoms with E-state index in [2.05, 4.69) is 4.57 Å². The Hall–Kier alpha value is -1.49. The Labute approximate surface area is 119 Å². The second-order valence-electron chi connectivity index (χ2n) is 5.87. The molecule has 1 aliphatic carbocycles. The molecule has 0 radical (unpaired) electrons. The van der Waals surface area contributed by atoms with Gasteiger partial charge in [-0.1, -0.05) is 0 Å². The lowest BCUT2D eigenvalue weighted by Gasteiger charge is -2.24. The van der Waals surface area contributed by atoms with Crippen LogP contribution in [-0.2, 0) is 4.74 Å². The number of anilines is 1. The highest BCUT2D eigenvalue weighted by molar-refractivity contribution is 5.94. The molecule has 110 valence electrons. The quantitative estimate of drug-likeness (QED) is 0.894. The van der Waals surface area contributed by atoms with E-state index in [-0.39, 0.29) is 5.91 Å². The third kappa shape index (κ3) is 2.68. The zero-order chi connectivity index (χ0) is 14.1. The lowest BCUT2D eigenvalue weighted by atomic mass is 10.1. The van der Waals surface area contributed by atoms with Crippen molar-refractivity contribution < 1.29 is 9.53 Å². The smallest absolute Gasteiger partial charge is 0.270 e. The summed E-state index contributed by atoms with van der Waals surface area (Å²) in [4.78, 5) is 14.7. The number of hydrogen-bond donors (Lipinski definition) is 1. The van der Waals surface area contributed by atoms with E-state index in [4.69, 9.17) is 10.5 Å². The van der Waals surface area contributed by atoms with Crippen LogP contribution >= 0.6 is 0 Å². The van der Waals surface area contributed by atoms with E-state index in [1.165, 1.54) is 0 Å². The number of carbonyl (C=O) groups excluding carboxylic acids is 1. The molecule has 20 heavy (non-hydrogen) atoms. The molecular weight excluding hydrogens is 254 g/mol. The van der Waals surface area contributed by atoms with E-state index in [1.807, 2.05) is 24.1 Å². The monoisotopic (exact) mass is 277 g/mol. The normalized spacial score (nSPS) is 22.1. The Kier molecular flexibility index (Phi) is 3.70. The van der Waals surface area contributed by atoms with Crippen LogP contribution in [0.4, 0.5) is 5.69 Å². The van der Waals surface area contributed by atoms with Gasteiger partial charge in [0.2, 0.25) is 0 Å². The molecule has 2 N–H and O–H groups in total. The largest absolute Gasteiger partial charge is 0.397 e. The predicted octanol–water partition coefficient (Wildman–Crippen LogP) is 1.90. The van der Waals surface area contributed by atoms with Gasteiger partial charge < -0.3 is 19.9 Å². The molecule has 1 saturated heterocycles. The molecule has 1 unspecified atom stereocenters. The maximum Gasteiger partial charge on any atom is 0.270 e. The third-order valence-electron chi connectivity index (χ3n) is 4.20. The average molecular weight is 277 g/mol. The van der Waals surface area contributed by atoms with E-state index < -0.39 is 0 Å². The van der Waals surface area contributed by atoms with Gasteiger partial charge >= 0.3 is 0 Å². The average Bonchev–Trinajstić information content (AvgIpc) is 3.01. The van der Waals surface area contributed by atoms with Crippen molar-refractivity contribution >= 4 is 11.6 Å². The van der Waals surface area contributed by atoms with Crippen molar-refractivity contribution in [3.05, 3.63) is 18.0 Å². The minimum absolute atomic E-state index is 0.100. The van der Waals surface area contributed by atoms with Crippen LogP contribution in [0.15, 0.2) is 12.3 Å². The van der Waals surface area contributed by atoms with Crippen molar-refractivity contribution in [2.75, 3.05) is 32.0 Å². The fraction of sp³-hybridized carbons (Fsp3) is 0.667. The number of nitrogens with two attached hydrogens (primary N) is 1. The van der Waals surface area contributed by atoms with Gasteiger partial charge in [-0.3, -0.25) is 4.79 Å². The van der Waals surface area contributed by atoms with Crippen LogP contribution in [0.25, 0.3) is 0 Å². The van der Waals surface area contributed by atoms with E-state index in [9.17, 15) is 4.79 Å². The summed E-state index contributed by atoms with van der Waals surface area (Å²) < 4.78 is 7.46. The second-order valence-corrected chi connectivity index (χ2v) is 5.87. The van der Waals surface area contributed by atoms with Gasteiger partial charge in [-0.05, 0) is 32.3 Å². The fourth-order valence-electron chi connectivity index (χ4n) is 2.88. The van der Waals surface area contributed by atoms with Crippen molar-refractivity contribution in [1.29, 1.82) is 0 Å². The standard InChI is InChI=1S/C15H23N3O2/c1-2-17(8-11-5-6-20-10-11)15(19)14-7-12(16)9-18(14)13-3-4-13/h7,9,11,13H,2-6,8,10,16H2,1H3. The van der Waals surface area contributed by atoms with Gasteiger partial charge in [0.1, 0.15) is 5.69 Å². The summed E-state index contributed by atoms with van der Waals surface area (Å²) in [5, 5.41) is 0. The molecule has 3 rings (SSSR count). The van der Waals surface area contributed by atoms with Crippen LogP contribution in [0.5, 0.6) is 0 Å². The van der Waals surface area contributed by atoms with Gasteiger partial charge in [0, 0.05) is 37.9 Å². The van der Waals surface area contributed by atoms with Crippen molar-refractivity contribution in [2.24, 2.45) is 5.92 Å². The van der Waals surface area contributed by atoms with Crippen LogP contribution in [0, 0.1) is 5.92 Å². The topological polar surface area (TPSA) is 60.5 Å². The van der Waals surface area contributed by atoms with Gasteiger partial charge in [-0.25, -0.2) is 0 Å². The molecule has 2 heterocycles. The van der Waals surface area contributed by atoms with Crippen molar-refractivity contribution in [1.82, 2.24) is 9.47 Å². The van der Waals surface area contributed by atoms with Crippen LogP contribution < -0.4 is 5.73 Å². The molecule has 1 aromatic rings. The first-order chi connectivity index (χ1) is 9.69. The molecule has 0 bridgehead atoms. The summed E-state index contributed by atoms with van der Waals surface area (Å²) >= 11 is 0. The molecule has 1 amide bonds. The highest BCUT2D eigenvalue weighted by Gasteiger charge is 2.30. The fourth-order valence-corrected chi connectivity index (χ4v) is 2.88. The zero-order valence-electron chi connectivity index (χ0n) is 12.0. The summed E-state index contributed by atoms with van der Waals surface area (Å²) in [7, 11) is 0. The lowest BCUT2D eigenvalue weighted by Crippen LogP contribution is -2.36. The Morgan fingerprint density at radius 3 is 2.90 bits per heavy atom. The van der Waals surface area contributed by atoms with E-state index >= 15 is 0 Å². The first-order valence-electron chi connectivity index (χ1n) is 7.53. The van der Waals surface area contributed by atoms with E-state index in [0.29, 0.717) is 17.6 Å². The first-order valence-corrected chi connectivity index (χ1v) is 7.53. The zero-order valence-corrected chi connectivity index (χ0v) is 12.0. The first kappa shape index (κ1) is 13.5. The van der Waals surface area contributed by atoms with Crippen LogP contribution in [0.2, 0.25) is 0 Å². The summed E-state index contributed by atoms with van der Waals surface area (Å²) in [5.41, 5.74) is 7.30. The molecule has 0 aromatic carbocycles. The lowest BCUT2D eigenvalue weighted by molar-refractivity contribution is 0.0720. The molecule has 1 aliphatic heterocycles. The molecule has 1 atom stereocenters. The summed E-state index contributed by atoms with van der Waals surface area (Å²) in [6, 6.07) is 2.29. The molecule has 1 aromatic heterocycles. The summed E-state index contributed by atoms with van der Waals surface area (Å²) in [5.74, 6) is 0.573. The van der Waals surface area contributed by atoms with Gasteiger partial charge in [-0.2, -0.15) is 0 Å². The van der Waals surface area contributed by atoms with Gasteiger partial charge in [-0.15, -0.1) is 0 Å². The van der Waals surface area contributed by atoms with Crippen LogP contribution in [0.3, 0.4) is 0 Å². The molecular formula is C15H23N3O2. The number of nitrogens with zero attached hydrogens (tertiary/aromatic N) is 2. The van der Waals surface area contributed by atoms with Gasteiger partial charge in [0.25, 0.3) is 5.91 Å². The minimum atomic E-state index is 0.100. The SMILES string of the molecule is CCN(CC1CCOC1)C(=O)c1cc(N)cn1C1CC1. The van der Waals surface area contributed by atoms with Crippen LogP contribution in [-0.4, -0.2) is 41.7 Å². The number of nitrogen functional groups attached to an aromatic ring is 1. The minimum Gasteiger partial charge on any atom is -0.397 e. The number of ether oxygens (including phenoxy) is 1. The molecule has 0 spiro atoms.